The first-order valence-corrected chi connectivity index (χ1v) is 7.32. The zero-order chi connectivity index (χ0) is 16.4. The number of aromatic nitrogens is 1. The molecule has 1 aromatic rings. The third-order valence-electron chi connectivity index (χ3n) is 3.72. The van der Waals surface area contributed by atoms with Gasteiger partial charge in [0.05, 0.1) is 5.41 Å². The molecule has 0 saturated carbocycles. The van der Waals surface area contributed by atoms with E-state index in [4.69, 9.17) is 4.74 Å². The fourth-order valence-electron chi connectivity index (χ4n) is 2.64. The number of carboxylic acids is 1. The topological polar surface area (TPSA) is 79.7 Å². The summed E-state index contributed by atoms with van der Waals surface area (Å²) in [5, 5.41) is 9.66. The second-order valence-corrected chi connectivity index (χ2v) is 6.78. The van der Waals surface area contributed by atoms with E-state index in [-0.39, 0.29) is 6.54 Å². The van der Waals surface area contributed by atoms with Gasteiger partial charge < -0.3 is 14.7 Å². The lowest BCUT2D eigenvalue weighted by Gasteiger charge is -2.27. The highest BCUT2D eigenvalue weighted by Gasteiger charge is 2.47. The maximum Gasteiger partial charge on any atom is 0.410 e. The molecule has 1 atom stereocenters. The number of nitrogens with zero attached hydrogens (tertiary/aromatic N) is 2. The number of likely N-dealkylation sites (tertiary alicyclic amines) is 1. The Bertz CT molecular complexity index is 553. The summed E-state index contributed by atoms with van der Waals surface area (Å²) in [5.74, 6) is -0.887. The minimum atomic E-state index is -0.972. The molecule has 0 radical (unpaired) electrons. The summed E-state index contributed by atoms with van der Waals surface area (Å²) in [6, 6.07) is 3.64. The Morgan fingerprint density at radius 1 is 1.45 bits per heavy atom. The van der Waals surface area contributed by atoms with Crippen LogP contribution in [-0.4, -0.2) is 45.7 Å². The third kappa shape index (κ3) is 3.75. The quantitative estimate of drug-likeness (QED) is 0.927. The Hall–Kier alpha value is -2.11. The van der Waals surface area contributed by atoms with Crippen LogP contribution in [-0.2, 0) is 16.0 Å². The van der Waals surface area contributed by atoms with E-state index < -0.39 is 23.1 Å². The van der Waals surface area contributed by atoms with Crippen molar-refractivity contribution in [1.29, 1.82) is 0 Å². The van der Waals surface area contributed by atoms with Crippen molar-refractivity contribution in [3.05, 3.63) is 30.1 Å². The molecule has 6 heteroatoms. The number of carboxylic acid groups (broad SMARTS) is 1. The van der Waals surface area contributed by atoms with Gasteiger partial charge in [0.15, 0.2) is 0 Å². The number of rotatable bonds is 3. The molecule has 0 aliphatic carbocycles. The highest BCUT2D eigenvalue weighted by atomic mass is 16.6. The smallest absolute Gasteiger partial charge is 0.410 e. The van der Waals surface area contributed by atoms with Gasteiger partial charge in [-0.1, -0.05) is 6.07 Å². The molecule has 120 valence electrons. The predicted octanol–water partition coefficient (Wildman–Crippen LogP) is 2.34. The summed E-state index contributed by atoms with van der Waals surface area (Å²) in [5.41, 5.74) is -0.703. The zero-order valence-electron chi connectivity index (χ0n) is 13.2. The Balaban J connectivity index is 2.11. The second-order valence-electron chi connectivity index (χ2n) is 6.78. The molecule has 2 rings (SSSR count). The van der Waals surface area contributed by atoms with Gasteiger partial charge >= 0.3 is 12.1 Å². The maximum absolute atomic E-state index is 12.1. The molecule has 1 aliphatic rings. The Morgan fingerprint density at radius 2 is 2.18 bits per heavy atom. The monoisotopic (exact) mass is 306 g/mol. The van der Waals surface area contributed by atoms with Gasteiger partial charge in [0.1, 0.15) is 5.60 Å². The van der Waals surface area contributed by atoms with Crippen molar-refractivity contribution in [1.82, 2.24) is 9.88 Å². The number of hydrogen-bond acceptors (Lipinski definition) is 4. The van der Waals surface area contributed by atoms with Crippen molar-refractivity contribution in [2.45, 2.75) is 39.2 Å². The highest BCUT2D eigenvalue weighted by molar-refractivity contribution is 5.78. The highest BCUT2D eigenvalue weighted by Crippen LogP contribution is 2.35. The average Bonchev–Trinajstić information content (AvgIpc) is 2.84. The van der Waals surface area contributed by atoms with Crippen LogP contribution in [0.1, 0.15) is 32.8 Å². The van der Waals surface area contributed by atoms with Crippen molar-refractivity contribution in [3.63, 3.8) is 0 Å². The Labute approximate surface area is 130 Å². The molecular weight excluding hydrogens is 284 g/mol. The number of ether oxygens (including phenoxy) is 1. The fourth-order valence-corrected chi connectivity index (χ4v) is 2.64. The Kier molecular flexibility index (Phi) is 4.39. The standard InChI is InChI=1S/C16H22N2O4/c1-15(2,3)22-14(21)18-8-6-16(11-18,13(19)20)9-12-5-4-7-17-10-12/h4-5,7,10H,6,8-9,11H2,1-3H3,(H,19,20). The van der Waals surface area contributed by atoms with Crippen molar-refractivity contribution in [3.8, 4) is 0 Å². The summed E-state index contributed by atoms with van der Waals surface area (Å²) in [6.07, 6.45) is 3.63. The van der Waals surface area contributed by atoms with Gasteiger partial charge in [-0.15, -0.1) is 0 Å². The molecule has 1 amide bonds. The van der Waals surface area contributed by atoms with Crippen molar-refractivity contribution < 1.29 is 19.4 Å². The van der Waals surface area contributed by atoms with Gasteiger partial charge in [-0.05, 0) is 45.2 Å². The molecule has 1 unspecified atom stereocenters. The molecule has 6 nitrogen and oxygen atoms in total. The van der Waals surface area contributed by atoms with E-state index in [1.807, 2.05) is 6.07 Å². The van der Waals surface area contributed by atoms with Crippen LogP contribution in [0.25, 0.3) is 0 Å². The minimum absolute atomic E-state index is 0.159. The molecule has 2 heterocycles. The maximum atomic E-state index is 12.1. The number of pyridine rings is 1. The van der Waals surface area contributed by atoms with E-state index in [0.717, 1.165) is 5.56 Å². The summed E-state index contributed by atoms with van der Waals surface area (Å²) >= 11 is 0. The largest absolute Gasteiger partial charge is 0.481 e. The molecule has 0 bridgehead atoms. The van der Waals surface area contributed by atoms with Gasteiger partial charge in [0.25, 0.3) is 0 Å². The first-order valence-electron chi connectivity index (χ1n) is 7.32. The van der Waals surface area contributed by atoms with Crippen LogP contribution < -0.4 is 0 Å². The van der Waals surface area contributed by atoms with Crippen molar-refractivity contribution in [2.24, 2.45) is 5.41 Å². The van der Waals surface area contributed by atoms with Crippen molar-refractivity contribution in [2.75, 3.05) is 13.1 Å². The summed E-state index contributed by atoms with van der Waals surface area (Å²) in [4.78, 5) is 29.4. The van der Waals surface area contributed by atoms with E-state index in [1.165, 1.54) is 4.90 Å². The van der Waals surface area contributed by atoms with E-state index in [2.05, 4.69) is 4.98 Å². The number of carbonyl (C=O) groups excluding carboxylic acids is 1. The first-order chi connectivity index (χ1) is 10.2. The third-order valence-corrected chi connectivity index (χ3v) is 3.72. The average molecular weight is 306 g/mol. The van der Waals surface area contributed by atoms with Crippen LogP contribution >= 0.6 is 0 Å². The number of carbonyl (C=O) groups is 2. The molecule has 1 aliphatic heterocycles. The number of amides is 1. The van der Waals surface area contributed by atoms with Crippen LogP contribution in [0.3, 0.4) is 0 Å². The molecular formula is C16H22N2O4. The van der Waals surface area contributed by atoms with E-state index in [9.17, 15) is 14.7 Å². The molecule has 1 aromatic heterocycles. The first kappa shape index (κ1) is 16.3. The minimum Gasteiger partial charge on any atom is -0.481 e. The van der Waals surface area contributed by atoms with Crippen LogP contribution in [0, 0.1) is 5.41 Å². The number of aliphatic carboxylic acids is 1. The molecule has 1 N–H and O–H groups in total. The number of hydrogen-bond donors (Lipinski definition) is 1. The lowest BCUT2D eigenvalue weighted by molar-refractivity contribution is -0.148. The summed E-state index contributed by atoms with van der Waals surface area (Å²) in [7, 11) is 0. The predicted molar refractivity (Wildman–Crippen MR) is 80.4 cm³/mol. The van der Waals surface area contributed by atoms with Crippen LogP contribution in [0.2, 0.25) is 0 Å². The van der Waals surface area contributed by atoms with Crippen LogP contribution in [0.15, 0.2) is 24.5 Å². The van der Waals surface area contributed by atoms with Gasteiger partial charge in [0.2, 0.25) is 0 Å². The molecule has 22 heavy (non-hydrogen) atoms. The molecule has 1 fully saturated rings. The van der Waals surface area contributed by atoms with E-state index in [0.29, 0.717) is 19.4 Å². The van der Waals surface area contributed by atoms with Crippen LogP contribution in [0.5, 0.6) is 0 Å². The zero-order valence-corrected chi connectivity index (χ0v) is 13.2. The van der Waals surface area contributed by atoms with E-state index >= 15 is 0 Å². The lowest BCUT2D eigenvalue weighted by atomic mass is 9.81. The summed E-state index contributed by atoms with van der Waals surface area (Å²) in [6.45, 7) is 5.93. The van der Waals surface area contributed by atoms with Gasteiger partial charge in [-0.25, -0.2) is 4.79 Å². The van der Waals surface area contributed by atoms with E-state index in [1.54, 1.807) is 39.2 Å². The molecule has 0 spiro atoms. The normalized spacial score (nSPS) is 21.7. The fraction of sp³-hybridized carbons (Fsp3) is 0.562. The Morgan fingerprint density at radius 3 is 2.73 bits per heavy atom. The van der Waals surface area contributed by atoms with Crippen LogP contribution in [0.4, 0.5) is 4.79 Å². The van der Waals surface area contributed by atoms with Gasteiger partial charge in [-0.3, -0.25) is 9.78 Å². The second kappa shape index (κ2) is 5.94. The summed E-state index contributed by atoms with van der Waals surface area (Å²) < 4.78 is 5.33. The van der Waals surface area contributed by atoms with Crippen molar-refractivity contribution >= 4 is 12.1 Å². The SMILES string of the molecule is CC(C)(C)OC(=O)N1CCC(Cc2cccnc2)(C(=O)O)C1. The van der Waals surface area contributed by atoms with Gasteiger partial charge in [-0.2, -0.15) is 0 Å². The lowest BCUT2D eigenvalue weighted by Crippen LogP contribution is -2.40. The van der Waals surface area contributed by atoms with Gasteiger partial charge in [0, 0.05) is 25.5 Å². The molecule has 0 aromatic carbocycles. The molecule has 1 saturated heterocycles.